The maximum absolute atomic E-state index is 3.73. The van der Waals surface area contributed by atoms with E-state index in [0.717, 1.165) is 5.25 Å². The summed E-state index contributed by atoms with van der Waals surface area (Å²) in [5.41, 5.74) is 0. The van der Waals surface area contributed by atoms with Crippen molar-refractivity contribution in [3.63, 3.8) is 0 Å². The van der Waals surface area contributed by atoms with E-state index in [9.17, 15) is 0 Å². The standard InChI is InChI=1S/C7H12S2/c1-2-3-7-6-8-4-5-9-7/h2,7H,1,3-6H2. The van der Waals surface area contributed by atoms with Crippen LogP contribution in [0.2, 0.25) is 0 Å². The Morgan fingerprint density at radius 1 is 1.56 bits per heavy atom. The summed E-state index contributed by atoms with van der Waals surface area (Å²) >= 11 is 4.17. The maximum Gasteiger partial charge on any atom is 0.0172 e. The van der Waals surface area contributed by atoms with E-state index in [1.165, 1.54) is 23.7 Å². The number of hydrogen-bond donors (Lipinski definition) is 0. The molecular weight excluding hydrogens is 148 g/mol. The average Bonchev–Trinajstić information content (AvgIpc) is 1.91. The normalized spacial score (nSPS) is 27.8. The molecule has 0 aromatic heterocycles. The third-order valence-electron chi connectivity index (χ3n) is 1.31. The molecule has 0 nitrogen and oxygen atoms in total. The van der Waals surface area contributed by atoms with Crippen molar-refractivity contribution in [3.8, 4) is 0 Å². The molecule has 1 fully saturated rings. The van der Waals surface area contributed by atoms with Gasteiger partial charge < -0.3 is 0 Å². The fraction of sp³-hybridized carbons (Fsp3) is 0.714. The molecule has 0 aromatic carbocycles. The van der Waals surface area contributed by atoms with Gasteiger partial charge in [0.15, 0.2) is 0 Å². The van der Waals surface area contributed by atoms with Crippen LogP contribution < -0.4 is 0 Å². The highest BCUT2D eigenvalue weighted by molar-refractivity contribution is 8.06. The van der Waals surface area contributed by atoms with E-state index in [4.69, 9.17) is 0 Å². The average molecular weight is 160 g/mol. The van der Waals surface area contributed by atoms with Gasteiger partial charge in [-0.2, -0.15) is 23.5 Å². The SMILES string of the molecule is C=CCC1CSCCS1. The summed E-state index contributed by atoms with van der Waals surface area (Å²) in [6, 6.07) is 0. The molecule has 2 heteroatoms. The Kier molecular flexibility index (Phi) is 3.59. The summed E-state index contributed by atoms with van der Waals surface area (Å²) in [6.07, 6.45) is 3.22. The molecular formula is C7H12S2. The molecule has 0 spiro atoms. The third-order valence-corrected chi connectivity index (χ3v) is 4.19. The largest absolute Gasteiger partial charge is 0.160 e. The van der Waals surface area contributed by atoms with Crippen LogP contribution >= 0.6 is 23.5 Å². The van der Waals surface area contributed by atoms with Crippen molar-refractivity contribution in [1.82, 2.24) is 0 Å². The van der Waals surface area contributed by atoms with Gasteiger partial charge in [0, 0.05) is 22.5 Å². The highest BCUT2D eigenvalue weighted by atomic mass is 32.2. The molecule has 9 heavy (non-hydrogen) atoms. The van der Waals surface area contributed by atoms with Crippen molar-refractivity contribution in [1.29, 1.82) is 0 Å². The van der Waals surface area contributed by atoms with Gasteiger partial charge in [-0.3, -0.25) is 0 Å². The first kappa shape index (κ1) is 7.55. The van der Waals surface area contributed by atoms with Crippen LogP contribution in [0.5, 0.6) is 0 Å². The van der Waals surface area contributed by atoms with Crippen LogP contribution in [0.15, 0.2) is 12.7 Å². The van der Waals surface area contributed by atoms with Crippen LogP contribution in [-0.4, -0.2) is 22.5 Å². The molecule has 52 valence electrons. The van der Waals surface area contributed by atoms with Gasteiger partial charge in [-0.15, -0.1) is 6.58 Å². The summed E-state index contributed by atoms with van der Waals surface area (Å²) in [4.78, 5) is 0. The number of allylic oxidation sites excluding steroid dienone is 1. The van der Waals surface area contributed by atoms with Crippen LogP contribution in [0.3, 0.4) is 0 Å². The Balaban J connectivity index is 2.15. The van der Waals surface area contributed by atoms with Gasteiger partial charge in [-0.05, 0) is 6.42 Å². The molecule has 1 saturated heterocycles. The smallest absolute Gasteiger partial charge is 0.0172 e. The predicted molar refractivity (Wildman–Crippen MR) is 48.4 cm³/mol. The molecule has 1 atom stereocenters. The second-order valence-corrected chi connectivity index (χ2v) is 4.65. The van der Waals surface area contributed by atoms with Gasteiger partial charge in [0.1, 0.15) is 0 Å². The zero-order chi connectivity index (χ0) is 6.53. The van der Waals surface area contributed by atoms with Crippen LogP contribution in [0.1, 0.15) is 6.42 Å². The summed E-state index contributed by atoms with van der Waals surface area (Å²) in [7, 11) is 0. The van der Waals surface area contributed by atoms with Gasteiger partial charge in [0.25, 0.3) is 0 Å². The molecule has 0 saturated carbocycles. The minimum Gasteiger partial charge on any atom is -0.160 e. The zero-order valence-electron chi connectivity index (χ0n) is 5.51. The topological polar surface area (TPSA) is 0 Å². The van der Waals surface area contributed by atoms with E-state index in [1.807, 2.05) is 6.08 Å². The molecule has 0 bridgehead atoms. The highest BCUT2D eigenvalue weighted by Crippen LogP contribution is 2.26. The first-order valence-corrected chi connectivity index (χ1v) is 5.44. The lowest BCUT2D eigenvalue weighted by Crippen LogP contribution is -2.12. The van der Waals surface area contributed by atoms with Crippen molar-refractivity contribution in [3.05, 3.63) is 12.7 Å². The van der Waals surface area contributed by atoms with Gasteiger partial charge in [0.05, 0.1) is 0 Å². The first-order valence-electron chi connectivity index (χ1n) is 3.23. The second kappa shape index (κ2) is 4.29. The zero-order valence-corrected chi connectivity index (χ0v) is 7.14. The van der Waals surface area contributed by atoms with E-state index in [2.05, 4.69) is 30.1 Å². The lowest BCUT2D eigenvalue weighted by molar-refractivity contribution is 0.989. The monoisotopic (exact) mass is 160 g/mol. The highest BCUT2D eigenvalue weighted by Gasteiger charge is 2.11. The quantitative estimate of drug-likeness (QED) is 0.569. The molecule has 1 rings (SSSR count). The molecule has 1 unspecified atom stereocenters. The number of hydrogen-bond acceptors (Lipinski definition) is 2. The second-order valence-electron chi connectivity index (χ2n) is 2.09. The fourth-order valence-electron chi connectivity index (χ4n) is 0.859. The first-order chi connectivity index (χ1) is 4.43. The third kappa shape index (κ3) is 2.67. The Bertz CT molecular complexity index is 84.9. The molecule has 1 heterocycles. The Morgan fingerprint density at radius 3 is 3.00 bits per heavy atom. The Hall–Kier alpha value is 0.440. The van der Waals surface area contributed by atoms with Gasteiger partial charge in [-0.1, -0.05) is 6.08 Å². The molecule has 0 radical (unpaired) electrons. The van der Waals surface area contributed by atoms with E-state index in [1.54, 1.807) is 0 Å². The van der Waals surface area contributed by atoms with Crippen molar-refractivity contribution >= 4 is 23.5 Å². The Labute approximate surface area is 65.5 Å². The van der Waals surface area contributed by atoms with Crippen molar-refractivity contribution < 1.29 is 0 Å². The van der Waals surface area contributed by atoms with Crippen molar-refractivity contribution in [2.45, 2.75) is 11.7 Å². The lowest BCUT2D eigenvalue weighted by Gasteiger charge is -2.18. The summed E-state index contributed by atoms with van der Waals surface area (Å²) < 4.78 is 0. The van der Waals surface area contributed by atoms with E-state index >= 15 is 0 Å². The maximum atomic E-state index is 3.73. The van der Waals surface area contributed by atoms with Crippen LogP contribution in [0.4, 0.5) is 0 Å². The van der Waals surface area contributed by atoms with Crippen LogP contribution in [0.25, 0.3) is 0 Å². The van der Waals surface area contributed by atoms with Gasteiger partial charge in [-0.25, -0.2) is 0 Å². The molecule has 0 N–H and O–H groups in total. The number of thioether (sulfide) groups is 2. The van der Waals surface area contributed by atoms with Gasteiger partial charge >= 0.3 is 0 Å². The minimum atomic E-state index is 0.862. The number of rotatable bonds is 2. The van der Waals surface area contributed by atoms with E-state index in [-0.39, 0.29) is 0 Å². The van der Waals surface area contributed by atoms with Crippen LogP contribution in [-0.2, 0) is 0 Å². The molecule has 1 aliphatic rings. The predicted octanol–water partition coefficient (Wildman–Crippen LogP) is 2.41. The summed E-state index contributed by atoms with van der Waals surface area (Å²) in [6.45, 7) is 3.73. The fourth-order valence-corrected chi connectivity index (χ4v) is 3.56. The van der Waals surface area contributed by atoms with Crippen molar-refractivity contribution in [2.24, 2.45) is 0 Å². The van der Waals surface area contributed by atoms with Crippen LogP contribution in [0, 0.1) is 0 Å². The summed E-state index contributed by atoms with van der Waals surface area (Å²) in [5, 5.41) is 0.862. The molecule has 0 amide bonds. The Morgan fingerprint density at radius 2 is 2.44 bits per heavy atom. The van der Waals surface area contributed by atoms with E-state index < -0.39 is 0 Å². The van der Waals surface area contributed by atoms with E-state index in [0.29, 0.717) is 0 Å². The van der Waals surface area contributed by atoms with Gasteiger partial charge in [0.2, 0.25) is 0 Å². The lowest BCUT2D eigenvalue weighted by atomic mass is 10.3. The molecule has 0 aromatic rings. The van der Waals surface area contributed by atoms with Crippen molar-refractivity contribution in [2.75, 3.05) is 17.3 Å². The minimum absolute atomic E-state index is 0.862. The summed E-state index contributed by atoms with van der Waals surface area (Å²) in [5.74, 6) is 4.01. The molecule has 0 aliphatic carbocycles. The molecule has 1 aliphatic heterocycles.